The Morgan fingerprint density at radius 3 is 2.54 bits per heavy atom. The molecule has 2 rings (SSSR count). The molecule has 2 nitrogen and oxygen atoms in total. The highest BCUT2D eigenvalue weighted by Crippen LogP contribution is 2.40. The third-order valence-corrected chi connectivity index (χ3v) is 2.23. The summed E-state index contributed by atoms with van der Waals surface area (Å²) in [5.74, 6) is -4.61. The Labute approximate surface area is 73.4 Å². The molecule has 0 saturated heterocycles. The fraction of sp³-hybridized carbons (Fsp3) is 0.222. The van der Waals surface area contributed by atoms with Crippen LogP contribution in [-0.2, 0) is 0 Å². The van der Waals surface area contributed by atoms with E-state index in [1.165, 1.54) is 12.1 Å². The van der Waals surface area contributed by atoms with Crippen molar-refractivity contribution in [3.8, 4) is 0 Å². The van der Waals surface area contributed by atoms with Crippen molar-refractivity contribution in [2.24, 2.45) is 5.73 Å². The van der Waals surface area contributed by atoms with Crippen LogP contribution in [0.3, 0.4) is 0 Å². The van der Waals surface area contributed by atoms with Crippen molar-refractivity contribution in [2.75, 3.05) is 0 Å². The largest absolute Gasteiger partial charge is 0.328 e. The second kappa shape index (κ2) is 2.35. The molecule has 13 heavy (non-hydrogen) atoms. The van der Waals surface area contributed by atoms with Gasteiger partial charge in [0.05, 0.1) is 0 Å². The third kappa shape index (κ3) is 0.920. The summed E-state index contributed by atoms with van der Waals surface area (Å²) >= 11 is 0. The van der Waals surface area contributed by atoms with Crippen LogP contribution in [-0.4, -0.2) is 11.7 Å². The van der Waals surface area contributed by atoms with Crippen LogP contribution >= 0.6 is 0 Å². The first-order valence-corrected chi connectivity index (χ1v) is 3.82. The van der Waals surface area contributed by atoms with E-state index in [1.54, 1.807) is 12.1 Å². The number of fused-ring (bicyclic) bond motifs is 1. The van der Waals surface area contributed by atoms with E-state index in [1.807, 2.05) is 0 Å². The smallest absolute Gasteiger partial charge is 0.319 e. The van der Waals surface area contributed by atoms with Gasteiger partial charge in [0.25, 0.3) is 0 Å². The van der Waals surface area contributed by atoms with Crippen LogP contribution in [0.2, 0.25) is 0 Å². The fourth-order valence-corrected chi connectivity index (χ4v) is 1.49. The van der Waals surface area contributed by atoms with Crippen molar-refractivity contribution in [3.05, 3.63) is 35.4 Å². The summed E-state index contributed by atoms with van der Waals surface area (Å²) in [6, 6.07) is 4.48. The van der Waals surface area contributed by atoms with Crippen LogP contribution in [0.4, 0.5) is 8.78 Å². The molecule has 0 fully saturated rings. The van der Waals surface area contributed by atoms with Gasteiger partial charge < -0.3 is 5.73 Å². The zero-order chi connectivity index (χ0) is 9.64. The maximum absolute atomic E-state index is 13.0. The van der Waals surface area contributed by atoms with Gasteiger partial charge in [-0.15, -0.1) is 0 Å². The molecule has 68 valence electrons. The second-order valence-electron chi connectivity index (χ2n) is 3.02. The van der Waals surface area contributed by atoms with Gasteiger partial charge in [-0.05, 0) is 5.56 Å². The molecule has 0 aliphatic heterocycles. The number of halogens is 2. The molecule has 1 atom stereocenters. The van der Waals surface area contributed by atoms with Crippen molar-refractivity contribution in [2.45, 2.75) is 12.0 Å². The highest BCUT2D eigenvalue weighted by molar-refractivity contribution is 6.06. The fourth-order valence-electron chi connectivity index (χ4n) is 1.49. The molecule has 0 aromatic heterocycles. The third-order valence-electron chi connectivity index (χ3n) is 2.23. The van der Waals surface area contributed by atoms with Gasteiger partial charge in [-0.2, -0.15) is 8.78 Å². The van der Waals surface area contributed by atoms with E-state index in [0.717, 1.165) is 0 Å². The van der Waals surface area contributed by atoms with Crippen LogP contribution in [0, 0.1) is 0 Å². The van der Waals surface area contributed by atoms with Gasteiger partial charge >= 0.3 is 5.92 Å². The molecule has 0 amide bonds. The van der Waals surface area contributed by atoms with Crippen LogP contribution < -0.4 is 5.73 Å². The van der Waals surface area contributed by atoms with Gasteiger partial charge in [0, 0.05) is 5.56 Å². The van der Waals surface area contributed by atoms with E-state index < -0.39 is 17.7 Å². The highest BCUT2D eigenvalue weighted by Gasteiger charge is 2.53. The van der Waals surface area contributed by atoms with Crippen LogP contribution in [0.15, 0.2) is 24.3 Å². The average molecular weight is 183 g/mol. The zero-order valence-electron chi connectivity index (χ0n) is 6.63. The lowest BCUT2D eigenvalue weighted by molar-refractivity contribution is 0.000130. The topological polar surface area (TPSA) is 43.1 Å². The maximum Gasteiger partial charge on any atom is 0.328 e. The summed E-state index contributed by atoms with van der Waals surface area (Å²) in [5, 5.41) is 0. The van der Waals surface area contributed by atoms with Crippen molar-refractivity contribution >= 4 is 5.78 Å². The highest BCUT2D eigenvalue weighted by atomic mass is 19.3. The molecule has 0 bridgehead atoms. The number of nitrogens with two attached hydrogens (primary N) is 1. The Bertz CT molecular complexity index is 376. The van der Waals surface area contributed by atoms with Gasteiger partial charge in [-0.3, -0.25) is 4.79 Å². The van der Waals surface area contributed by atoms with Crippen molar-refractivity contribution in [1.82, 2.24) is 0 Å². The van der Waals surface area contributed by atoms with E-state index >= 15 is 0 Å². The lowest BCUT2D eigenvalue weighted by Gasteiger charge is -2.12. The number of carbonyl (C=O) groups is 1. The van der Waals surface area contributed by atoms with Crippen LogP contribution in [0.1, 0.15) is 22.0 Å². The predicted molar refractivity (Wildman–Crippen MR) is 42.6 cm³/mol. The van der Waals surface area contributed by atoms with Crippen molar-refractivity contribution < 1.29 is 13.6 Å². The molecule has 0 heterocycles. The molecule has 0 saturated carbocycles. The van der Waals surface area contributed by atoms with Crippen molar-refractivity contribution in [1.29, 1.82) is 0 Å². The number of Topliss-reactive ketones (excluding diaryl/α,β-unsaturated/α-hetero) is 1. The van der Waals surface area contributed by atoms with E-state index in [2.05, 4.69) is 0 Å². The maximum atomic E-state index is 13.0. The van der Waals surface area contributed by atoms with E-state index in [4.69, 9.17) is 5.73 Å². The normalized spacial score (nSPS) is 24.5. The predicted octanol–water partition coefficient (Wildman–Crippen LogP) is 1.52. The molecule has 0 spiro atoms. The zero-order valence-corrected chi connectivity index (χ0v) is 6.63. The molecule has 1 unspecified atom stereocenters. The number of rotatable bonds is 0. The van der Waals surface area contributed by atoms with E-state index in [-0.39, 0.29) is 11.1 Å². The van der Waals surface area contributed by atoms with Gasteiger partial charge in [0.15, 0.2) is 0 Å². The Morgan fingerprint density at radius 1 is 1.31 bits per heavy atom. The number of hydrogen-bond acceptors (Lipinski definition) is 2. The second-order valence-corrected chi connectivity index (χ2v) is 3.02. The summed E-state index contributed by atoms with van der Waals surface area (Å²) in [5.41, 5.74) is 5.52. The number of carbonyl (C=O) groups excluding carboxylic acids is 1. The average Bonchev–Trinajstić information content (AvgIpc) is 2.30. The first kappa shape index (κ1) is 8.31. The van der Waals surface area contributed by atoms with E-state index in [9.17, 15) is 13.6 Å². The first-order chi connectivity index (χ1) is 6.05. The molecule has 2 N–H and O–H groups in total. The van der Waals surface area contributed by atoms with Gasteiger partial charge in [-0.1, -0.05) is 24.3 Å². The quantitative estimate of drug-likeness (QED) is 0.662. The summed E-state index contributed by atoms with van der Waals surface area (Å²) < 4.78 is 26.1. The molecule has 1 aromatic carbocycles. The number of benzene rings is 1. The summed E-state index contributed by atoms with van der Waals surface area (Å²) in [6.45, 7) is 0. The number of alkyl halides is 2. The number of hydrogen-bond donors (Lipinski definition) is 1. The molecule has 0 radical (unpaired) electrons. The lowest BCUT2D eigenvalue weighted by atomic mass is 10.1. The minimum atomic E-state index is -3.44. The van der Waals surface area contributed by atoms with Crippen molar-refractivity contribution in [3.63, 3.8) is 0 Å². The minimum absolute atomic E-state index is 0.0417. The van der Waals surface area contributed by atoms with Crippen LogP contribution in [0.25, 0.3) is 0 Å². The molecular weight excluding hydrogens is 176 g/mol. The standard InChI is InChI=1S/C9H7F2NO/c10-9(11)7(12)5-3-1-2-4-6(5)8(9)13/h1-4,7H,12H2. The Balaban J connectivity index is 2.64. The van der Waals surface area contributed by atoms with E-state index in [0.29, 0.717) is 0 Å². The Kier molecular flexibility index (Phi) is 1.51. The molecule has 1 aliphatic carbocycles. The first-order valence-electron chi connectivity index (χ1n) is 3.82. The summed E-state index contributed by atoms with van der Waals surface area (Å²) in [6.07, 6.45) is 0. The van der Waals surface area contributed by atoms with Crippen LogP contribution in [0.5, 0.6) is 0 Å². The van der Waals surface area contributed by atoms with Gasteiger partial charge in [0.1, 0.15) is 6.04 Å². The van der Waals surface area contributed by atoms with Gasteiger partial charge in [0.2, 0.25) is 5.78 Å². The monoisotopic (exact) mass is 183 g/mol. The molecule has 1 aliphatic rings. The lowest BCUT2D eigenvalue weighted by Crippen LogP contribution is -2.33. The van der Waals surface area contributed by atoms with Gasteiger partial charge in [-0.25, -0.2) is 0 Å². The molecule has 1 aromatic rings. The summed E-state index contributed by atoms with van der Waals surface area (Å²) in [4.78, 5) is 11.1. The SMILES string of the molecule is NC1c2ccccc2C(=O)C1(F)F. The Morgan fingerprint density at radius 2 is 1.92 bits per heavy atom. The minimum Gasteiger partial charge on any atom is -0.319 e. The molecule has 4 heteroatoms. The molecular formula is C9H7F2NO. The number of ketones is 1. The summed E-state index contributed by atoms with van der Waals surface area (Å²) in [7, 11) is 0. The Hall–Kier alpha value is -1.29.